The van der Waals surface area contributed by atoms with Crippen LogP contribution >= 0.6 is 0 Å². The summed E-state index contributed by atoms with van der Waals surface area (Å²) < 4.78 is 47.7. The van der Waals surface area contributed by atoms with Gasteiger partial charge in [-0.2, -0.15) is 23.3 Å². The first-order chi connectivity index (χ1) is 17.8. The van der Waals surface area contributed by atoms with Gasteiger partial charge in [-0.05, 0) is 41.5 Å². The van der Waals surface area contributed by atoms with Crippen molar-refractivity contribution in [3.8, 4) is 0 Å². The van der Waals surface area contributed by atoms with Gasteiger partial charge < -0.3 is 30.3 Å². The standard InChI is InChI=1S/C21H33N7O10S/c1-20(2,3)36-17(30)23-8-7-22-16(29)27-10-12-14-11-26(19(32)28(14)38-39(33,34)35)13(15(12)25-27)9-24-18(31)37-21(4,5)6/h10,13-14H,7-9,11H2,1-6H3,(H,22,29)(H,23,30)(H,24,31)(H,33,34,35)/t13-,14-/m1/s1. The lowest BCUT2D eigenvalue weighted by molar-refractivity contribution is -0.0317. The molecular weight excluding hydrogens is 542 g/mol. The Hall–Kier alpha value is -3.64. The number of fused-ring (bicyclic) bond motifs is 4. The molecule has 39 heavy (non-hydrogen) atoms. The van der Waals surface area contributed by atoms with Gasteiger partial charge in [0, 0.05) is 31.4 Å². The van der Waals surface area contributed by atoms with Crippen LogP contribution in [0.1, 0.15) is 64.9 Å². The average molecular weight is 576 g/mol. The number of amides is 5. The molecule has 1 saturated heterocycles. The number of ether oxygens (including phenoxy) is 2. The van der Waals surface area contributed by atoms with Crippen molar-refractivity contribution < 1.29 is 45.9 Å². The second kappa shape index (κ2) is 10.9. The Bertz CT molecular complexity index is 1230. The van der Waals surface area contributed by atoms with E-state index in [1.54, 1.807) is 41.5 Å². The smallest absolute Gasteiger partial charge is 0.418 e. The van der Waals surface area contributed by atoms with Gasteiger partial charge in [0.15, 0.2) is 0 Å². The van der Waals surface area contributed by atoms with E-state index in [0.29, 0.717) is 5.06 Å². The number of hydrogen-bond donors (Lipinski definition) is 4. The quantitative estimate of drug-likeness (QED) is 0.267. The lowest BCUT2D eigenvalue weighted by Gasteiger charge is -2.30. The van der Waals surface area contributed by atoms with Gasteiger partial charge in [-0.15, -0.1) is 4.28 Å². The summed E-state index contributed by atoms with van der Waals surface area (Å²) in [7, 11) is -5.05. The van der Waals surface area contributed by atoms with Gasteiger partial charge in [-0.3, -0.25) is 4.55 Å². The van der Waals surface area contributed by atoms with Crippen molar-refractivity contribution in [3.63, 3.8) is 0 Å². The number of aromatic nitrogens is 2. The zero-order valence-electron chi connectivity index (χ0n) is 22.4. The van der Waals surface area contributed by atoms with E-state index in [-0.39, 0.29) is 37.4 Å². The van der Waals surface area contributed by atoms with Crippen molar-refractivity contribution in [2.45, 2.75) is 64.8 Å². The molecular formula is C21H33N7O10S. The van der Waals surface area contributed by atoms with Gasteiger partial charge in [0.25, 0.3) is 0 Å². The van der Waals surface area contributed by atoms with Gasteiger partial charge >= 0.3 is 34.6 Å². The first-order valence-corrected chi connectivity index (χ1v) is 13.3. The third-order valence-corrected chi connectivity index (χ3v) is 5.55. The third kappa shape index (κ3) is 7.93. The molecule has 1 aromatic rings. The van der Waals surface area contributed by atoms with Gasteiger partial charge in [0.2, 0.25) is 0 Å². The molecule has 3 rings (SSSR count). The fourth-order valence-electron chi connectivity index (χ4n) is 3.87. The Morgan fingerprint density at radius 3 is 2.15 bits per heavy atom. The van der Waals surface area contributed by atoms with Crippen molar-refractivity contribution in [2.24, 2.45) is 0 Å². The second-order valence-corrected chi connectivity index (χ2v) is 11.8. The Labute approximate surface area is 225 Å². The van der Waals surface area contributed by atoms with Crippen molar-refractivity contribution >= 4 is 34.6 Å². The zero-order chi connectivity index (χ0) is 29.3. The lowest BCUT2D eigenvalue weighted by Crippen LogP contribution is -2.43. The summed E-state index contributed by atoms with van der Waals surface area (Å²) in [6.45, 7) is 9.99. The number of alkyl carbamates (subject to hydrolysis) is 2. The Morgan fingerprint density at radius 2 is 1.59 bits per heavy atom. The molecule has 17 nitrogen and oxygen atoms in total. The summed E-state index contributed by atoms with van der Waals surface area (Å²) in [6.07, 6.45) is -0.133. The summed E-state index contributed by atoms with van der Waals surface area (Å²) in [4.78, 5) is 50.8. The largest absolute Gasteiger partial charge is 0.444 e. The molecule has 18 heteroatoms. The number of carbonyl (C=O) groups excluding carboxylic acids is 4. The molecule has 3 heterocycles. The molecule has 0 unspecified atom stereocenters. The van der Waals surface area contributed by atoms with Crippen LogP contribution < -0.4 is 16.0 Å². The van der Waals surface area contributed by atoms with E-state index in [2.05, 4.69) is 25.3 Å². The lowest BCUT2D eigenvalue weighted by atomic mass is 9.98. The first kappa shape index (κ1) is 29.9. The summed E-state index contributed by atoms with van der Waals surface area (Å²) in [5, 5.41) is 12.3. The van der Waals surface area contributed by atoms with Gasteiger partial charge in [-0.25, -0.2) is 19.2 Å². The number of rotatable bonds is 7. The number of urea groups is 1. The maximum atomic E-state index is 12.9. The number of hydrogen-bond acceptors (Lipinski definition) is 10. The minimum absolute atomic E-state index is 0.0261. The van der Waals surface area contributed by atoms with Crippen LogP contribution in [-0.2, 0) is 24.2 Å². The van der Waals surface area contributed by atoms with Crippen molar-refractivity contribution in [1.82, 2.24) is 35.7 Å². The third-order valence-electron chi connectivity index (χ3n) is 5.20. The summed E-state index contributed by atoms with van der Waals surface area (Å²) in [5.74, 6) is 0. The highest BCUT2D eigenvalue weighted by Gasteiger charge is 2.52. The number of carbonyl (C=O) groups is 4. The minimum atomic E-state index is -5.05. The molecule has 2 aliphatic rings. The average Bonchev–Trinajstić information content (AvgIpc) is 3.30. The Balaban J connectivity index is 1.76. The minimum Gasteiger partial charge on any atom is -0.444 e. The molecule has 2 bridgehead atoms. The predicted molar refractivity (Wildman–Crippen MR) is 132 cm³/mol. The van der Waals surface area contributed by atoms with Crippen LogP contribution in [0.15, 0.2) is 6.20 Å². The monoisotopic (exact) mass is 575 g/mol. The summed E-state index contributed by atoms with van der Waals surface area (Å²) in [5.41, 5.74) is -1.01. The van der Waals surface area contributed by atoms with Crippen LogP contribution in [0, 0.1) is 0 Å². The maximum absolute atomic E-state index is 12.9. The second-order valence-electron chi connectivity index (χ2n) is 10.8. The van der Waals surface area contributed by atoms with Crippen LogP contribution in [0.5, 0.6) is 0 Å². The van der Waals surface area contributed by atoms with Gasteiger partial charge in [-0.1, -0.05) is 0 Å². The Kier molecular flexibility index (Phi) is 8.32. The van der Waals surface area contributed by atoms with E-state index in [0.717, 1.165) is 4.68 Å². The highest BCUT2D eigenvalue weighted by molar-refractivity contribution is 7.80. The van der Waals surface area contributed by atoms with Crippen LogP contribution in [-0.4, -0.2) is 94.3 Å². The number of hydroxylamine groups is 2. The molecule has 5 amide bonds. The fraction of sp³-hybridized carbons (Fsp3) is 0.667. The van der Waals surface area contributed by atoms with E-state index in [1.807, 2.05) is 0 Å². The molecule has 1 aromatic heterocycles. The van der Waals surface area contributed by atoms with E-state index in [4.69, 9.17) is 14.0 Å². The normalized spacial score (nSPS) is 18.9. The summed E-state index contributed by atoms with van der Waals surface area (Å²) in [6, 6.07) is -3.53. The van der Waals surface area contributed by atoms with E-state index in [9.17, 15) is 27.6 Å². The molecule has 2 atom stereocenters. The Morgan fingerprint density at radius 1 is 1.03 bits per heavy atom. The SMILES string of the molecule is CC(C)(C)OC(=O)NCCNC(=O)n1cc2c(n1)[C@@H](CNC(=O)OC(C)(C)C)N1C[C@H]2N(OS(=O)(=O)O)C1=O. The first-order valence-electron chi connectivity index (χ1n) is 11.9. The molecule has 0 aliphatic carbocycles. The maximum Gasteiger partial charge on any atom is 0.418 e. The van der Waals surface area contributed by atoms with Crippen molar-refractivity contribution in [1.29, 1.82) is 0 Å². The zero-order valence-corrected chi connectivity index (χ0v) is 23.2. The highest BCUT2D eigenvalue weighted by Crippen LogP contribution is 2.43. The molecule has 0 aromatic carbocycles. The molecule has 1 fully saturated rings. The van der Waals surface area contributed by atoms with Crippen LogP contribution in [0.2, 0.25) is 0 Å². The molecule has 0 saturated carbocycles. The van der Waals surface area contributed by atoms with E-state index < -0.39 is 57.9 Å². The molecule has 4 N–H and O–H groups in total. The van der Waals surface area contributed by atoms with Gasteiger partial charge in [0.1, 0.15) is 17.2 Å². The van der Waals surface area contributed by atoms with Crippen molar-refractivity contribution in [3.05, 3.63) is 17.5 Å². The number of nitrogens with zero attached hydrogens (tertiary/aromatic N) is 4. The van der Waals surface area contributed by atoms with E-state index >= 15 is 0 Å². The summed E-state index contributed by atoms with van der Waals surface area (Å²) >= 11 is 0. The molecule has 2 aliphatic heterocycles. The fourth-order valence-corrected chi connectivity index (χ4v) is 4.24. The molecule has 218 valence electrons. The van der Waals surface area contributed by atoms with E-state index in [1.165, 1.54) is 11.1 Å². The molecule has 0 radical (unpaired) electrons. The van der Waals surface area contributed by atoms with Gasteiger partial charge in [0.05, 0.1) is 18.3 Å². The van der Waals surface area contributed by atoms with Crippen LogP contribution in [0.3, 0.4) is 0 Å². The predicted octanol–water partition coefficient (Wildman–Crippen LogP) is 1.06. The van der Waals surface area contributed by atoms with Crippen LogP contribution in [0.4, 0.5) is 19.2 Å². The highest BCUT2D eigenvalue weighted by atomic mass is 32.3. The van der Waals surface area contributed by atoms with Crippen molar-refractivity contribution in [2.75, 3.05) is 26.2 Å². The number of nitrogens with one attached hydrogen (secondary N) is 3. The van der Waals surface area contributed by atoms with Crippen LogP contribution in [0.25, 0.3) is 0 Å². The molecule has 0 spiro atoms. The topological polar surface area (TPSA) is 211 Å².